The van der Waals surface area contributed by atoms with E-state index >= 15 is 0 Å². The lowest BCUT2D eigenvalue weighted by Gasteiger charge is -2.12. The van der Waals surface area contributed by atoms with Crippen LogP contribution in [-0.2, 0) is 4.79 Å². The molecule has 2 aromatic rings. The predicted molar refractivity (Wildman–Crippen MR) is 112 cm³/mol. The fraction of sp³-hybridized carbons (Fsp3) is 0.238. The monoisotopic (exact) mass is 398 g/mol. The van der Waals surface area contributed by atoms with E-state index in [0.29, 0.717) is 29.6 Å². The Balaban J connectivity index is 1.59. The summed E-state index contributed by atoms with van der Waals surface area (Å²) in [6, 6.07) is 11.4. The topological polar surface area (TPSA) is 83.1 Å². The van der Waals surface area contributed by atoms with Crippen molar-refractivity contribution in [1.82, 2.24) is 0 Å². The van der Waals surface area contributed by atoms with Crippen molar-refractivity contribution in [2.75, 3.05) is 20.3 Å². The molecule has 1 aliphatic heterocycles. The van der Waals surface area contributed by atoms with Crippen LogP contribution in [0.4, 0.5) is 0 Å². The molecular formula is C21H22N2O4S. The number of amides is 1. The molecule has 0 radical (unpaired) electrons. The Labute approximate surface area is 168 Å². The van der Waals surface area contributed by atoms with Gasteiger partial charge in [-0.1, -0.05) is 12.1 Å². The minimum absolute atomic E-state index is 0.256. The van der Waals surface area contributed by atoms with E-state index in [2.05, 4.69) is 18.8 Å². The van der Waals surface area contributed by atoms with Crippen molar-refractivity contribution in [1.29, 1.82) is 0 Å². The van der Waals surface area contributed by atoms with E-state index in [1.807, 2.05) is 24.3 Å². The summed E-state index contributed by atoms with van der Waals surface area (Å²) in [7, 11) is 1.57. The van der Waals surface area contributed by atoms with Crippen molar-refractivity contribution in [2.24, 2.45) is 10.7 Å². The number of methoxy groups -OCH3 is 1. The molecule has 28 heavy (non-hydrogen) atoms. The molecule has 0 saturated heterocycles. The quantitative estimate of drug-likeness (QED) is 0.566. The summed E-state index contributed by atoms with van der Waals surface area (Å²) in [5, 5.41) is 0.256. The van der Waals surface area contributed by atoms with Crippen molar-refractivity contribution < 1.29 is 19.0 Å². The highest BCUT2D eigenvalue weighted by atomic mass is 32.2. The zero-order valence-electron chi connectivity index (χ0n) is 16.0. The molecule has 0 saturated carbocycles. The number of nitrogens with two attached hydrogens (primary N) is 1. The van der Waals surface area contributed by atoms with Crippen molar-refractivity contribution in [2.45, 2.75) is 13.8 Å². The number of nitrogens with zero attached hydrogens (tertiary/aromatic N) is 1. The molecule has 1 heterocycles. The maximum Gasteiger partial charge on any atom is 0.286 e. The zero-order valence-corrected chi connectivity index (χ0v) is 16.8. The maximum atomic E-state index is 11.7. The predicted octanol–water partition coefficient (Wildman–Crippen LogP) is 3.70. The molecule has 0 bridgehead atoms. The summed E-state index contributed by atoms with van der Waals surface area (Å²) in [5.41, 5.74) is 8.79. The Morgan fingerprint density at radius 1 is 1.04 bits per heavy atom. The molecule has 146 valence electrons. The van der Waals surface area contributed by atoms with E-state index in [4.69, 9.17) is 19.9 Å². The molecule has 1 amide bonds. The number of hydrogen-bond acceptors (Lipinski definition) is 6. The number of aliphatic imine (C=N–C) groups is 1. The van der Waals surface area contributed by atoms with Gasteiger partial charge in [-0.05, 0) is 72.6 Å². The first-order chi connectivity index (χ1) is 13.5. The number of aryl methyl sites for hydroxylation is 2. The normalized spacial score (nSPS) is 14.9. The van der Waals surface area contributed by atoms with E-state index in [1.54, 1.807) is 25.3 Å². The highest BCUT2D eigenvalue weighted by Gasteiger charge is 2.19. The average molecular weight is 398 g/mol. The average Bonchev–Trinajstić information content (AvgIpc) is 2.99. The molecule has 0 spiro atoms. The molecular weight excluding hydrogens is 376 g/mol. The third kappa shape index (κ3) is 4.86. The fourth-order valence-electron chi connectivity index (χ4n) is 2.58. The number of ether oxygens (including phenoxy) is 3. The Kier molecular flexibility index (Phi) is 6.26. The summed E-state index contributed by atoms with van der Waals surface area (Å²) in [6.45, 7) is 4.91. The van der Waals surface area contributed by atoms with Crippen LogP contribution in [0.2, 0.25) is 0 Å². The number of amidine groups is 1. The van der Waals surface area contributed by atoms with Crippen LogP contribution < -0.4 is 19.9 Å². The van der Waals surface area contributed by atoms with Gasteiger partial charge in [0.15, 0.2) is 16.7 Å². The van der Waals surface area contributed by atoms with Crippen molar-refractivity contribution in [3.63, 3.8) is 0 Å². The summed E-state index contributed by atoms with van der Waals surface area (Å²) >= 11 is 1.15. The van der Waals surface area contributed by atoms with E-state index in [9.17, 15) is 4.79 Å². The Bertz CT molecular complexity index is 953. The Morgan fingerprint density at radius 2 is 1.82 bits per heavy atom. The zero-order chi connectivity index (χ0) is 20.1. The lowest BCUT2D eigenvalue weighted by molar-refractivity contribution is -0.113. The van der Waals surface area contributed by atoms with Gasteiger partial charge in [-0.2, -0.15) is 4.99 Å². The molecule has 3 rings (SSSR count). The third-order valence-corrected chi connectivity index (χ3v) is 5.02. The smallest absolute Gasteiger partial charge is 0.286 e. The Hall–Kier alpha value is -2.93. The molecule has 0 unspecified atom stereocenters. The first-order valence-electron chi connectivity index (χ1n) is 8.75. The van der Waals surface area contributed by atoms with Crippen LogP contribution in [0.5, 0.6) is 17.2 Å². The molecule has 0 atom stereocenters. The highest BCUT2D eigenvalue weighted by Crippen LogP contribution is 2.31. The second-order valence-electron chi connectivity index (χ2n) is 6.22. The van der Waals surface area contributed by atoms with E-state index in [-0.39, 0.29) is 11.1 Å². The van der Waals surface area contributed by atoms with Crippen molar-refractivity contribution in [3.05, 3.63) is 58.0 Å². The summed E-state index contributed by atoms with van der Waals surface area (Å²) < 4.78 is 16.9. The van der Waals surface area contributed by atoms with Gasteiger partial charge in [0.2, 0.25) is 0 Å². The number of hydrogen-bond donors (Lipinski definition) is 1. The second kappa shape index (κ2) is 8.84. The molecule has 0 fully saturated rings. The van der Waals surface area contributed by atoms with Crippen LogP contribution in [-0.4, -0.2) is 31.4 Å². The lowest BCUT2D eigenvalue weighted by Crippen LogP contribution is -2.09. The summed E-state index contributed by atoms with van der Waals surface area (Å²) in [5.74, 6) is 1.67. The summed E-state index contributed by atoms with van der Waals surface area (Å²) in [6.07, 6.45) is 1.73. The molecule has 0 aliphatic carbocycles. The van der Waals surface area contributed by atoms with Crippen LogP contribution in [0.25, 0.3) is 6.08 Å². The van der Waals surface area contributed by atoms with Crippen LogP contribution in [0.1, 0.15) is 16.7 Å². The number of carbonyl (C=O) groups is 1. The number of benzene rings is 2. The Morgan fingerprint density at radius 3 is 2.50 bits per heavy atom. The largest absolute Gasteiger partial charge is 0.493 e. The van der Waals surface area contributed by atoms with Gasteiger partial charge in [0.1, 0.15) is 19.0 Å². The van der Waals surface area contributed by atoms with Crippen molar-refractivity contribution in [3.8, 4) is 17.2 Å². The molecule has 2 N–H and O–H groups in total. The first kappa shape index (κ1) is 19.8. The van der Waals surface area contributed by atoms with Gasteiger partial charge in [-0.15, -0.1) is 0 Å². The van der Waals surface area contributed by atoms with Crippen LogP contribution in [0.15, 0.2) is 46.3 Å². The standard InChI is InChI=1S/C21H22N2O4S/c1-13-4-6-16(10-14(13)2)26-8-9-27-17-7-5-15(11-18(17)25-3)12-19-20(24)23-21(22)28-19/h4-7,10-12H,8-9H2,1-3H3,(H2,22,23,24)/b19-12+. The number of carbonyl (C=O) groups excluding carboxylic acids is 1. The van der Waals surface area contributed by atoms with E-state index in [0.717, 1.165) is 23.1 Å². The minimum Gasteiger partial charge on any atom is -0.493 e. The minimum atomic E-state index is -0.328. The van der Waals surface area contributed by atoms with Gasteiger partial charge in [0.05, 0.1) is 12.0 Å². The molecule has 0 aromatic heterocycles. The van der Waals surface area contributed by atoms with Gasteiger partial charge in [0, 0.05) is 0 Å². The van der Waals surface area contributed by atoms with Gasteiger partial charge in [0.25, 0.3) is 5.91 Å². The van der Waals surface area contributed by atoms with Gasteiger partial charge in [-0.3, -0.25) is 4.79 Å². The maximum absolute atomic E-state index is 11.7. The van der Waals surface area contributed by atoms with E-state index in [1.165, 1.54) is 11.1 Å². The highest BCUT2D eigenvalue weighted by molar-refractivity contribution is 8.18. The summed E-state index contributed by atoms with van der Waals surface area (Å²) in [4.78, 5) is 15.9. The van der Waals surface area contributed by atoms with Crippen molar-refractivity contribution >= 4 is 28.9 Å². The van der Waals surface area contributed by atoms with Crippen LogP contribution in [0.3, 0.4) is 0 Å². The second-order valence-corrected chi connectivity index (χ2v) is 7.28. The fourth-order valence-corrected chi connectivity index (χ4v) is 3.27. The first-order valence-corrected chi connectivity index (χ1v) is 9.57. The SMILES string of the molecule is COc1cc(/C=C2/SC(N)=NC2=O)ccc1OCCOc1ccc(C)c(C)c1. The molecule has 2 aromatic carbocycles. The van der Waals surface area contributed by atoms with Gasteiger partial charge in [-0.25, -0.2) is 0 Å². The van der Waals surface area contributed by atoms with Gasteiger partial charge < -0.3 is 19.9 Å². The van der Waals surface area contributed by atoms with Crippen LogP contribution >= 0.6 is 11.8 Å². The molecule has 1 aliphatic rings. The number of rotatable bonds is 7. The van der Waals surface area contributed by atoms with E-state index < -0.39 is 0 Å². The number of thioether (sulfide) groups is 1. The van der Waals surface area contributed by atoms with Crippen LogP contribution in [0, 0.1) is 13.8 Å². The molecule has 7 heteroatoms. The van der Waals surface area contributed by atoms with Gasteiger partial charge >= 0.3 is 0 Å². The molecule has 6 nitrogen and oxygen atoms in total. The third-order valence-electron chi connectivity index (χ3n) is 4.21. The lowest BCUT2D eigenvalue weighted by atomic mass is 10.1.